The highest BCUT2D eigenvalue weighted by atomic mass is 35.5. The summed E-state index contributed by atoms with van der Waals surface area (Å²) in [6, 6.07) is 0. The number of hydrogen-bond donors (Lipinski definition) is 0. The Morgan fingerprint density at radius 1 is 0.733 bits per heavy atom. The van der Waals surface area contributed by atoms with E-state index in [4.69, 9.17) is 0 Å². The fourth-order valence-electron chi connectivity index (χ4n) is 1.96. The van der Waals surface area contributed by atoms with Gasteiger partial charge in [-0.2, -0.15) is 0 Å². The molecule has 0 aliphatic rings. The highest BCUT2D eigenvalue weighted by Gasteiger charge is 2.20. The van der Waals surface area contributed by atoms with Crippen LogP contribution in [-0.4, -0.2) is 16.3 Å². The fraction of sp³-hybridized carbons (Fsp3) is 1.00. The van der Waals surface area contributed by atoms with Crippen molar-refractivity contribution < 1.29 is 0 Å². The molecule has 2 radical (unpaired) electrons. The molecule has 0 aromatic heterocycles. The topological polar surface area (TPSA) is 0 Å². The van der Waals surface area contributed by atoms with Gasteiger partial charge in [-0.1, -0.05) is 82.8 Å². The molecule has 0 aromatic carbocycles. The molecule has 2 heteroatoms. The minimum Gasteiger partial charge on any atom is -0.147 e. The summed E-state index contributed by atoms with van der Waals surface area (Å²) in [4.78, 5) is 0. The van der Waals surface area contributed by atoms with Gasteiger partial charge in [-0.3, -0.25) is 0 Å². The summed E-state index contributed by atoms with van der Waals surface area (Å²) < 4.78 is 0.571. The first kappa shape index (κ1) is 18.2. The average molecular weight is 247 g/mol. The summed E-state index contributed by atoms with van der Waals surface area (Å²) in [5.74, 6) is 0. The zero-order chi connectivity index (χ0) is 10.9. The van der Waals surface area contributed by atoms with Crippen LogP contribution in [0.2, 0.25) is 4.28 Å². The maximum Gasteiger partial charge on any atom is 0.129 e. The molecule has 0 unspecified atom stereocenters. The molecule has 0 amide bonds. The molecule has 0 saturated heterocycles. The molecule has 0 saturated carbocycles. The molecule has 0 fully saturated rings. The van der Waals surface area contributed by atoms with Gasteiger partial charge in [-0.05, 0) is 0 Å². The van der Waals surface area contributed by atoms with Gasteiger partial charge in [-0.25, -0.2) is 0 Å². The van der Waals surface area contributed by atoms with Crippen molar-refractivity contribution in [3.8, 4) is 0 Å². The van der Waals surface area contributed by atoms with Crippen LogP contribution < -0.4 is 0 Å². The first-order valence-corrected chi connectivity index (χ1v) is 7.05. The molecule has 15 heavy (non-hydrogen) atoms. The van der Waals surface area contributed by atoms with Crippen LogP contribution in [0.15, 0.2) is 0 Å². The van der Waals surface area contributed by atoms with Crippen molar-refractivity contribution in [2.45, 2.75) is 82.8 Å². The predicted molar refractivity (Wildman–Crippen MR) is 74.3 cm³/mol. The summed E-state index contributed by atoms with van der Waals surface area (Å²) in [5.41, 5.74) is 0. The quantitative estimate of drug-likeness (QED) is 0.484. The molecule has 0 nitrogen and oxygen atoms in total. The van der Waals surface area contributed by atoms with E-state index in [0.717, 1.165) is 0 Å². The largest absolute Gasteiger partial charge is 0.147 e. The van der Waals surface area contributed by atoms with Crippen molar-refractivity contribution in [2.24, 2.45) is 0 Å². The summed E-state index contributed by atoms with van der Waals surface area (Å²) in [6.07, 6.45) is 12.5. The van der Waals surface area contributed by atoms with Gasteiger partial charge in [0, 0.05) is 0 Å². The van der Waals surface area contributed by atoms with Gasteiger partial charge in [0.1, 0.15) is 16.3 Å². The molecular weight excluding hydrogens is 219 g/mol. The third-order valence-electron chi connectivity index (χ3n) is 3.08. The zero-order valence-electron chi connectivity index (χ0n) is 10.8. The fourth-order valence-corrected chi connectivity index (χ4v) is 2.57. The van der Waals surface area contributed by atoms with Gasteiger partial charge in [-0.15, -0.1) is 12.4 Å². The lowest BCUT2D eigenvalue weighted by Crippen LogP contribution is -2.13. The van der Waals surface area contributed by atoms with Crippen LogP contribution in [0, 0.1) is 0 Å². The summed E-state index contributed by atoms with van der Waals surface area (Å²) in [6.45, 7) is 6.89. The van der Waals surface area contributed by atoms with Crippen molar-refractivity contribution >= 4 is 28.7 Å². The van der Waals surface area contributed by atoms with Crippen LogP contribution >= 0.6 is 12.4 Å². The second-order valence-electron chi connectivity index (χ2n) is 4.67. The Morgan fingerprint density at radius 2 is 1.00 bits per heavy atom. The molecule has 0 aromatic rings. The summed E-state index contributed by atoms with van der Waals surface area (Å²) >= 11 is 3.17. The Hall–Kier alpha value is 0.822. The summed E-state index contributed by atoms with van der Waals surface area (Å²) in [7, 11) is 0. The molecule has 0 heterocycles. The van der Waals surface area contributed by atoms with Crippen molar-refractivity contribution in [2.75, 3.05) is 0 Å². The van der Waals surface area contributed by atoms with Crippen molar-refractivity contribution in [3.63, 3.8) is 0 Å². The monoisotopic (exact) mass is 246 g/mol. The van der Waals surface area contributed by atoms with Crippen molar-refractivity contribution in [1.29, 1.82) is 0 Å². The molecule has 0 aliphatic heterocycles. The van der Waals surface area contributed by atoms with Gasteiger partial charge in [0.15, 0.2) is 0 Å². The molecule has 0 spiro atoms. The third-order valence-corrected chi connectivity index (χ3v) is 3.95. The van der Waals surface area contributed by atoms with Gasteiger partial charge in [0.25, 0.3) is 0 Å². The Morgan fingerprint density at radius 3 is 1.20 bits per heavy atom. The smallest absolute Gasteiger partial charge is 0.129 e. The lowest BCUT2D eigenvalue weighted by Gasteiger charge is -2.31. The van der Waals surface area contributed by atoms with E-state index >= 15 is 0 Å². The Kier molecular flexibility index (Phi) is 13.7. The van der Waals surface area contributed by atoms with Crippen molar-refractivity contribution in [1.82, 2.24) is 0 Å². The molecule has 90 valence electrons. The number of rotatable bonds is 9. The lowest BCUT2D eigenvalue weighted by molar-refractivity contribution is 0.404. The normalized spacial score (nSPS) is 11.1. The predicted octanol–water partition coefficient (Wildman–Crippen LogP) is 5.31. The van der Waals surface area contributed by atoms with E-state index in [9.17, 15) is 0 Å². The lowest BCUT2D eigenvalue weighted by atomic mass is 9.89. The van der Waals surface area contributed by atoms with E-state index in [-0.39, 0.29) is 12.4 Å². The Labute approximate surface area is 111 Å². The van der Waals surface area contributed by atoms with E-state index in [1.54, 1.807) is 0 Å². The van der Waals surface area contributed by atoms with Crippen LogP contribution in [-0.2, 0) is 0 Å². The minimum atomic E-state index is 0. The molecule has 0 bridgehead atoms. The first-order valence-electron chi connectivity index (χ1n) is 6.47. The van der Waals surface area contributed by atoms with Crippen LogP contribution in [0.4, 0.5) is 0 Å². The second-order valence-corrected chi connectivity index (χ2v) is 5.90. The third kappa shape index (κ3) is 9.73. The van der Waals surface area contributed by atoms with Crippen LogP contribution in [0.3, 0.4) is 0 Å². The van der Waals surface area contributed by atoms with Crippen LogP contribution in [0.25, 0.3) is 0 Å². The Balaban J connectivity index is 0. The standard InChI is InChI=1S/C13H27.Al.ClH/c1-4-7-10-13(11-8-5-2)12-9-6-3;;/h4-12H2,1-3H3;;1H. The highest BCUT2D eigenvalue weighted by Crippen LogP contribution is 2.40. The molecule has 0 rings (SSSR count). The Bertz CT molecular complexity index is 104. The van der Waals surface area contributed by atoms with Gasteiger partial charge in [0.2, 0.25) is 0 Å². The molecule has 0 atom stereocenters. The zero-order valence-corrected chi connectivity index (χ0v) is 12.8. The SMILES string of the molecule is CCCC[C]([Al])(CCCC)CCCC.Cl. The number of hydrogen-bond acceptors (Lipinski definition) is 0. The first-order chi connectivity index (χ1) is 6.68. The van der Waals surface area contributed by atoms with Gasteiger partial charge >= 0.3 is 0 Å². The maximum absolute atomic E-state index is 3.17. The van der Waals surface area contributed by atoms with Gasteiger partial charge < -0.3 is 0 Å². The minimum absolute atomic E-state index is 0. The van der Waals surface area contributed by atoms with E-state index in [2.05, 4.69) is 37.1 Å². The van der Waals surface area contributed by atoms with Gasteiger partial charge in [0.05, 0.1) is 0 Å². The number of unbranched alkanes of at least 4 members (excludes halogenated alkanes) is 3. The molecule has 0 N–H and O–H groups in total. The van der Waals surface area contributed by atoms with E-state index < -0.39 is 0 Å². The van der Waals surface area contributed by atoms with Crippen LogP contribution in [0.1, 0.15) is 78.6 Å². The highest BCUT2D eigenvalue weighted by molar-refractivity contribution is 6.15. The number of halogens is 1. The average Bonchev–Trinajstić information content (AvgIpc) is 2.21. The molecular formula is C13H28AlCl. The van der Waals surface area contributed by atoms with Crippen molar-refractivity contribution in [3.05, 3.63) is 0 Å². The van der Waals surface area contributed by atoms with Crippen LogP contribution in [0.5, 0.6) is 0 Å². The summed E-state index contributed by atoms with van der Waals surface area (Å²) in [5, 5.41) is 0. The van der Waals surface area contributed by atoms with E-state index in [0.29, 0.717) is 4.28 Å². The second kappa shape index (κ2) is 11.3. The van der Waals surface area contributed by atoms with E-state index in [1.807, 2.05) is 0 Å². The molecule has 0 aliphatic carbocycles. The van der Waals surface area contributed by atoms with E-state index in [1.165, 1.54) is 57.8 Å². The maximum atomic E-state index is 3.17.